The minimum absolute atomic E-state index is 0. The van der Waals surface area contributed by atoms with Crippen molar-refractivity contribution in [2.24, 2.45) is 16.3 Å². The van der Waals surface area contributed by atoms with Crippen LogP contribution in [0.5, 0.6) is 17.2 Å². The number of hydrogen-bond donors (Lipinski definition) is 2. The van der Waals surface area contributed by atoms with Gasteiger partial charge in [-0.3, -0.25) is 4.99 Å². The Bertz CT molecular complexity index is 633. The lowest BCUT2D eigenvalue weighted by Gasteiger charge is -2.43. The minimum atomic E-state index is 0. The lowest BCUT2D eigenvalue weighted by atomic mass is 9.65. The van der Waals surface area contributed by atoms with E-state index in [0.29, 0.717) is 29.2 Å². The molecule has 6 nitrogen and oxygen atoms in total. The molecule has 7 heteroatoms. The van der Waals surface area contributed by atoms with E-state index in [2.05, 4.69) is 15.6 Å². The second kappa shape index (κ2) is 9.71. The quantitative estimate of drug-likeness (QED) is 0.332. The average Bonchev–Trinajstić information content (AvgIpc) is 3.47. The third-order valence-corrected chi connectivity index (χ3v) is 5.81. The Morgan fingerprint density at radius 1 is 1.07 bits per heavy atom. The number of nitrogens with zero attached hydrogens (tertiary/aromatic N) is 1. The van der Waals surface area contributed by atoms with Crippen molar-refractivity contribution in [2.45, 2.75) is 38.6 Å². The van der Waals surface area contributed by atoms with Gasteiger partial charge in [0.2, 0.25) is 5.75 Å². The summed E-state index contributed by atoms with van der Waals surface area (Å²) in [4.78, 5) is 4.37. The zero-order chi connectivity index (χ0) is 18.6. The molecule has 3 rings (SSSR count). The van der Waals surface area contributed by atoms with Crippen molar-refractivity contribution in [3.63, 3.8) is 0 Å². The normalized spacial score (nSPS) is 18.0. The maximum absolute atomic E-state index is 5.42. The Hall–Kier alpha value is -1.38. The molecule has 0 amide bonds. The van der Waals surface area contributed by atoms with Crippen LogP contribution in [0.3, 0.4) is 0 Å². The smallest absolute Gasteiger partial charge is 0.203 e. The molecule has 152 valence electrons. The lowest BCUT2D eigenvalue weighted by Crippen LogP contribution is -2.47. The SMILES string of the molecule is CN=C(NCc1cc(OC)c(OC)c(OC)c1)NCC1(C2CC2)CCC1.I. The summed E-state index contributed by atoms with van der Waals surface area (Å²) in [5, 5.41) is 6.93. The largest absolute Gasteiger partial charge is 0.493 e. The zero-order valence-corrected chi connectivity index (χ0v) is 19.1. The van der Waals surface area contributed by atoms with Crippen LogP contribution in [0.1, 0.15) is 37.7 Å². The van der Waals surface area contributed by atoms with Gasteiger partial charge >= 0.3 is 0 Å². The average molecular weight is 489 g/mol. The highest BCUT2D eigenvalue weighted by Gasteiger charge is 2.48. The monoisotopic (exact) mass is 489 g/mol. The minimum Gasteiger partial charge on any atom is -0.493 e. The Labute approximate surface area is 179 Å². The highest BCUT2D eigenvalue weighted by atomic mass is 127. The number of ether oxygens (including phenoxy) is 3. The Morgan fingerprint density at radius 3 is 2.11 bits per heavy atom. The van der Waals surface area contributed by atoms with Crippen molar-refractivity contribution in [3.05, 3.63) is 17.7 Å². The molecule has 0 unspecified atom stereocenters. The fraction of sp³-hybridized carbons (Fsp3) is 0.650. The van der Waals surface area contributed by atoms with Gasteiger partial charge in [0.05, 0.1) is 21.3 Å². The second-order valence-electron chi connectivity index (χ2n) is 7.30. The Kier molecular flexibility index (Phi) is 7.88. The number of rotatable bonds is 8. The molecule has 0 spiro atoms. The Morgan fingerprint density at radius 2 is 1.70 bits per heavy atom. The van der Waals surface area contributed by atoms with Crippen LogP contribution in [0.4, 0.5) is 0 Å². The molecule has 0 heterocycles. The van der Waals surface area contributed by atoms with Crippen molar-refractivity contribution in [3.8, 4) is 17.2 Å². The van der Waals surface area contributed by atoms with Gasteiger partial charge in [-0.1, -0.05) is 6.42 Å². The van der Waals surface area contributed by atoms with Crippen LogP contribution < -0.4 is 24.8 Å². The van der Waals surface area contributed by atoms with Crippen molar-refractivity contribution in [1.29, 1.82) is 0 Å². The van der Waals surface area contributed by atoms with E-state index in [0.717, 1.165) is 24.0 Å². The van der Waals surface area contributed by atoms with Crippen molar-refractivity contribution in [2.75, 3.05) is 34.9 Å². The predicted octanol–water partition coefficient (Wildman–Crippen LogP) is 3.58. The summed E-state index contributed by atoms with van der Waals surface area (Å²) in [5.41, 5.74) is 1.56. The molecule has 0 bridgehead atoms. The topological polar surface area (TPSA) is 64.1 Å². The summed E-state index contributed by atoms with van der Waals surface area (Å²) in [6.07, 6.45) is 6.89. The van der Waals surface area contributed by atoms with Crippen LogP contribution in [-0.2, 0) is 6.54 Å². The van der Waals surface area contributed by atoms with E-state index < -0.39 is 0 Å². The zero-order valence-electron chi connectivity index (χ0n) is 16.8. The molecule has 27 heavy (non-hydrogen) atoms. The molecule has 1 aromatic rings. The van der Waals surface area contributed by atoms with Gasteiger partial charge < -0.3 is 24.8 Å². The van der Waals surface area contributed by atoms with Crippen molar-refractivity contribution < 1.29 is 14.2 Å². The molecule has 0 aliphatic heterocycles. The van der Waals surface area contributed by atoms with E-state index in [1.807, 2.05) is 19.2 Å². The summed E-state index contributed by atoms with van der Waals surface area (Å²) in [6, 6.07) is 3.92. The number of aliphatic imine (C=N–C) groups is 1. The fourth-order valence-corrected chi connectivity index (χ4v) is 3.96. The molecule has 1 aromatic carbocycles. The van der Waals surface area contributed by atoms with E-state index >= 15 is 0 Å². The van der Waals surface area contributed by atoms with Gasteiger partial charge in [0.1, 0.15) is 0 Å². The molecule has 2 fully saturated rings. The van der Waals surface area contributed by atoms with Crippen LogP contribution in [-0.4, -0.2) is 40.9 Å². The molecular weight excluding hydrogens is 457 g/mol. The number of hydrogen-bond acceptors (Lipinski definition) is 4. The third-order valence-electron chi connectivity index (χ3n) is 5.81. The maximum atomic E-state index is 5.42. The van der Waals surface area contributed by atoms with E-state index in [1.165, 1.54) is 32.1 Å². The first-order valence-corrected chi connectivity index (χ1v) is 9.39. The van der Waals surface area contributed by atoms with Crippen LogP contribution in [0.25, 0.3) is 0 Å². The standard InChI is InChI=1S/C20H31N3O3.HI/c1-21-19(23-13-20(8-5-9-20)15-6-7-15)22-12-14-10-16(24-2)18(26-4)17(11-14)25-3;/h10-11,15H,5-9,12-13H2,1-4H3,(H2,21,22,23);1H. The Balaban J connectivity index is 0.00000261. The van der Waals surface area contributed by atoms with Gasteiger partial charge in [0.15, 0.2) is 17.5 Å². The summed E-state index contributed by atoms with van der Waals surface area (Å²) in [5.74, 6) is 3.70. The number of halogens is 1. The highest BCUT2D eigenvalue weighted by molar-refractivity contribution is 14.0. The van der Waals surface area contributed by atoms with E-state index in [-0.39, 0.29) is 24.0 Å². The van der Waals surface area contributed by atoms with Gasteiger partial charge in [0.25, 0.3) is 0 Å². The molecule has 2 N–H and O–H groups in total. The number of nitrogens with one attached hydrogen (secondary N) is 2. The van der Waals surface area contributed by atoms with E-state index in [4.69, 9.17) is 14.2 Å². The van der Waals surface area contributed by atoms with Crippen LogP contribution in [0, 0.1) is 11.3 Å². The first kappa shape index (κ1) is 21.9. The number of methoxy groups -OCH3 is 3. The third kappa shape index (κ3) is 4.92. The predicted molar refractivity (Wildman–Crippen MR) is 119 cm³/mol. The molecule has 2 aliphatic rings. The maximum Gasteiger partial charge on any atom is 0.203 e. The fourth-order valence-electron chi connectivity index (χ4n) is 3.96. The van der Waals surface area contributed by atoms with Crippen LogP contribution in [0.15, 0.2) is 17.1 Å². The molecule has 2 saturated carbocycles. The first-order chi connectivity index (χ1) is 12.7. The van der Waals surface area contributed by atoms with E-state index in [1.54, 1.807) is 21.3 Å². The van der Waals surface area contributed by atoms with Crippen molar-refractivity contribution >= 4 is 29.9 Å². The molecule has 0 aromatic heterocycles. The second-order valence-corrected chi connectivity index (χ2v) is 7.30. The summed E-state index contributed by atoms with van der Waals surface area (Å²) < 4.78 is 16.2. The number of guanidine groups is 1. The molecule has 0 saturated heterocycles. The van der Waals surface area contributed by atoms with Gasteiger partial charge in [-0.05, 0) is 54.7 Å². The lowest BCUT2D eigenvalue weighted by molar-refractivity contribution is 0.106. The highest BCUT2D eigenvalue weighted by Crippen LogP contribution is 2.56. The van der Waals surface area contributed by atoms with Crippen molar-refractivity contribution in [1.82, 2.24) is 10.6 Å². The molecule has 0 radical (unpaired) electrons. The molecule has 2 aliphatic carbocycles. The van der Waals surface area contributed by atoms with Gasteiger partial charge in [-0.15, -0.1) is 24.0 Å². The molecular formula is C20H32IN3O3. The van der Waals surface area contributed by atoms with E-state index in [9.17, 15) is 0 Å². The van der Waals surface area contributed by atoms with Gasteiger partial charge in [-0.2, -0.15) is 0 Å². The number of benzene rings is 1. The van der Waals surface area contributed by atoms with Crippen LogP contribution >= 0.6 is 24.0 Å². The summed E-state index contributed by atoms with van der Waals surface area (Å²) in [6.45, 7) is 1.65. The van der Waals surface area contributed by atoms with Gasteiger partial charge in [-0.25, -0.2) is 0 Å². The summed E-state index contributed by atoms with van der Waals surface area (Å²) in [7, 11) is 6.69. The van der Waals surface area contributed by atoms with Gasteiger partial charge in [0, 0.05) is 20.1 Å². The van der Waals surface area contributed by atoms with Crippen LogP contribution in [0.2, 0.25) is 0 Å². The first-order valence-electron chi connectivity index (χ1n) is 9.39. The summed E-state index contributed by atoms with van der Waals surface area (Å²) >= 11 is 0. The molecule has 0 atom stereocenters.